The van der Waals surface area contributed by atoms with Gasteiger partial charge in [0.15, 0.2) is 0 Å². The first kappa shape index (κ1) is 14.1. The lowest BCUT2D eigenvalue weighted by Gasteiger charge is -2.26. The molecule has 1 fully saturated rings. The molecule has 0 aromatic carbocycles. The lowest BCUT2D eigenvalue weighted by molar-refractivity contribution is -0.277. The van der Waals surface area contributed by atoms with Crippen LogP contribution >= 0.6 is 0 Å². The summed E-state index contributed by atoms with van der Waals surface area (Å²) in [5.74, 6) is -5.93. The molecule has 0 saturated carbocycles. The van der Waals surface area contributed by atoms with E-state index in [0.29, 0.717) is 4.90 Å². The molecular weight excluding hydrogens is 254 g/mol. The molecular formula is C8H10F6N2O. The van der Waals surface area contributed by atoms with Crippen LogP contribution in [0.4, 0.5) is 26.3 Å². The minimum atomic E-state index is -5.64. The highest BCUT2D eigenvalue weighted by Gasteiger charge is 2.62. The van der Waals surface area contributed by atoms with Crippen LogP contribution in [0.25, 0.3) is 0 Å². The first-order valence-electron chi connectivity index (χ1n) is 4.71. The van der Waals surface area contributed by atoms with Crippen molar-refractivity contribution in [1.29, 1.82) is 0 Å². The van der Waals surface area contributed by atoms with Crippen LogP contribution in [-0.4, -0.2) is 42.3 Å². The lowest BCUT2D eigenvalue weighted by atomic mass is 10.1. The Morgan fingerprint density at radius 3 is 1.94 bits per heavy atom. The van der Waals surface area contributed by atoms with Crippen molar-refractivity contribution in [2.45, 2.75) is 24.8 Å². The van der Waals surface area contributed by atoms with E-state index in [4.69, 9.17) is 5.73 Å². The minimum Gasteiger partial charge on any atom is -0.340 e. The van der Waals surface area contributed by atoms with Gasteiger partial charge >= 0.3 is 12.4 Å². The number of carbonyl (C=O) groups is 1. The Kier molecular flexibility index (Phi) is 3.60. The van der Waals surface area contributed by atoms with Gasteiger partial charge in [-0.1, -0.05) is 0 Å². The average molecular weight is 264 g/mol. The molecule has 100 valence electrons. The van der Waals surface area contributed by atoms with Crippen molar-refractivity contribution in [1.82, 2.24) is 4.90 Å². The number of halogens is 6. The highest BCUT2D eigenvalue weighted by molar-refractivity contribution is 5.80. The molecule has 17 heavy (non-hydrogen) atoms. The molecule has 1 heterocycles. The van der Waals surface area contributed by atoms with Gasteiger partial charge in [-0.2, -0.15) is 26.3 Å². The van der Waals surface area contributed by atoms with Crippen LogP contribution in [0.2, 0.25) is 0 Å². The van der Waals surface area contributed by atoms with Crippen LogP contribution in [0.1, 0.15) is 6.42 Å². The molecule has 0 bridgehead atoms. The molecule has 2 N–H and O–H groups in total. The summed E-state index contributed by atoms with van der Waals surface area (Å²) in [5.41, 5.74) is 5.32. The van der Waals surface area contributed by atoms with E-state index in [0.717, 1.165) is 0 Å². The first-order chi connectivity index (χ1) is 7.53. The Balaban J connectivity index is 2.89. The van der Waals surface area contributed by atoms with E-state index < -0.39 is 30.2 Å². The second-order valence-corrected chi connectivity index (χ2v) is 3.85. The molecule has 0 aliphatic carbocycles. The predicted molar refractivity (Wildman–Crippen MR) is 44.8 cm³/mol. The summed E-state index contributed by atoms with van der Waals surface area (Å²) in [6.45, 7) is -0.454. The van der Waals surface area contributed by atoms with Gasteiger partial charge in [0.25, 0.3) is 0 Å². The summed E-state index contributed by atoms with van der Waals surface area (Å²) in [4.78, 5) is 11.7. The number of alkyl halides is 6. The van der Waals surface area contributed by atoms with Crippen LogP contribution in [0.15, 0.2) is 0 Å². The molecule has 1 aliphatic rings. The van der Waals surface area contributed by atoms with E-state index in [1.165, 1.54) is 0 Å². The first-order valence-corrected chi connectivity index (χ1v) is 4.71. The fourth-order valence-corrected chi connectivity index (χ4v) is 1.64. The van der Waals surface area contributed by atoms with Crippen LogP contribution < -0.4 is 5.73 Å². The van der Waals surface area contributed by atoms with E-state index >= 15 is 0 Å². The molecule has 1 amide bonds. The number of amides is 1. The van der Waals surface area contributed by atoms with Crippen molar-refractivity contribution in [3.63, 3.8) is 0 Å². The standard InChI is InChI=1S/C8H10F6N2O/c9-7(10,11)5(8(12,13)14)6(17)16-2-1-4(15)3-16/h4-5H,1-3,15H2/t4-/m1/s1. The van der Waals surface area contributed by atoms with E-state index in [9.17, 15) is 31.1 Å². The summed E-state index contributed by atoms with van der Waals surface area (Å²) in [5, 5.41) is 0. The molecule has 0 spiro atoms. The quantitative estimate of drug-likeness (QED) is 0.725. The van der Waals surface area contributed by atoms with Gasteiger partial charge in [0.1, 0.15) is 0 Å². The van der Waals surface area contributed by atoms with Gasteiger partial charge < -0.3 is 10.6 Å². The maximum absolute atomic E-state index is 12.2. The van der Waals surface area contributed by atoms with Crippen molar-refractivity contribution < 1.29 is 31.1 Å². The number of likely N-dealkylation sites (tertiary alicyclic amines) is 1. The maximum atomic E-state index is 12.2. The molecule has 0 aromatic rings. The third-order valence-corrected chi connectivity index (χ3v) is 2.44. The second-order valence-electron chi connectivity index (χ2n) is 3.85. The van der Waals surface area contributed by atoms with Gasteiger partial charge in [0, 0.05) is 19.1 Å². The van der Waals surface area contributed by atoms with Crippen molar-refractivity contribution in [3.8, 4) is 0 Å². The summed E-state index contributed by atoms with van der Waals surface area (Å²) in [6.07, 6.45) is -11.1. The summed E-state index contributed by atoms with van der Waals surface area (Å²) in [7, 11) is 0. The van der Waals surface area contributed by atoms with Crippen LogP contribution in [0, 0.1) is 5.92 Å². The highest BCUT2D eigenvalue weighted by atomic mass is 19.4. The number of nitrogens with two attached hydrogens (primary N) is 1. The van der Waals surface area contributed by atoms with Crippen molar-refractivity contribution in [3.05, 3.63) is 0 Å². The molecule has 0 aromatic heterocycles. The number of rotatable bonds is 1. The Bertz CT molecular complexity index is 285. The summed E-state index contributed by atoms with van der Waals surface area (Å²) >= 11 is 0. The SMILES string of the molecule is N[C@@H]1CCN(C(=O)C(C(F)(F)F)C(F)(F)F)C1. The Morgan fingerprint density at radius 1 is 1.18 bits per heavy atom. The molecule has 1 saturated heterocycles. The Hall–Kier alpha value is -0.990. The minimum absolute atomic E-state index is 0.178. The average Bonchev–Trinajstić information content (AvgIpc) is 2.45. The van der Waals surface area contributed by atoms with E-state index in [-0.39, 0.29) is 19.5 Å². The van der Waals surface area contributed by atoms with E-state index in [1.54, 1.807) is 0 Å². The zero-order valence-electron chi connectivity index (χ0n) is 8.48. The fraction of sp³-hybridized carbons (Fsp3) is 0.875. The second kappa shape index (κ2) is 4.35. The molecule has 1 atom stereocenters. The van der Waals surface area contributed by atoms with Crippen LogP contribution in [0.3, 0.4) is 0 Å². The van der Waals surface area contributed by atoms with E-state index in [2.05, 4.69) is 0 Å². The van der Waals surface area contributed by atoms with E-state index in [1.807, 2.05) is 0 Å². The summed E-state index contributed by atoms with van der Waals surface area (Å²) in [6, 6.07) is -0.568. The highest BCUT2D eigenvalue weighted by Crippen LogP contribution is 2.40. The molecule has 9 heteroatoms. The fourth-order valence-electron chi connectivity index (χ4n) is 1.64. The Labute approximate surface area is 92.5 Å². The van der Waals surface area contributed by atoms with Crippen LogP contribution in [0.5, 0.6) is 0 Å². The van der Waals surface area contributed by atoms with Gasteiger partial charge in [0.2, 0.25) is 11.8 Å². The Morgan fingerprint density at radius 2 is 1.65 bits per heavy atom. The normalized spacial score (nSPS) is 22.4. The maximum Gasteiger partial charge on any atom is 0.409 e. The number of nitrogens with zero attached hydrogens (tertiary/aromatic N) is 1. The van der Waals surface area contributed by atoms with Gasteiger partial charge in [-0.05, 0) is 6.42 Å². The van der Waals surface area contributed by atoms with Crippen molar-refractivity contribution in [2.75, 3.05) is 13.1 Å². The number of carbonyl (C=O) groups excluding carboxylic acids is 1. The van der Waals surface area contributed by atoms with Crippen LogP contribution in [-0.2, 0) is 4.79 Å². The third kappa shape index (κ3) is 3.24. The van der Waals surface area contributed by atoms with Gasteiger partial charge in [0.05, 0.1) is 0 Å². The topological polar surface area (TPSA) is 46.3 Å². The van der Waals surface area contributed by atoms with Gasteiger partial charge in [-0.25, -0.2) is 0 Å². The molecule has 0 unspecified atom stereocenters. The largest absolute Gasteiger partial charge is 0.409 e. The lowest BCUT2D eigenvalue weighted by Crippen LogP contribution is -2.49. The smallest absolute Gasteiger partial charge is 0.340 e. The number of hydrogen-bond donors (Lipinski definition) is 1. The number of hydrogen-bond acceptors (Lipinski definition) is 2. The third-order valence-electron chi connectivity index (χ3n) is 2.44. The molecule has 1 rings (SSSR count). The van der Waals surface area contributed by atoms with Crippen molar-refractivity contribution in [2.24, 2.45) is 11.7 Å². The molecule has 3 nitrogen and oxygen atoms in total. The van der Waals surface area contributed by atoms with Crippen molar-refractivity contribution >= 4 is 5.91 Å². The molecule has 1 aliphatic heterocycles. The van der Waals surface area contributed by atoms with Gasteiger partial charge in [-0.15, -0.1) is 0 Å². The van der Waals surface area contributed by atoms with Gasteiger partial charge in [-0.3, -0.25) is 4.79 Å². The molecule has 0 radical (unpaired) electrons. The summed E-state index contributed by atoms with van der Waals surface area (Å²) < 4.78 is 73.3. The predicted octanol–water partition coefficient (Wildman–Crippen LogP) is 1.29. The zero-order chi connectivity index (χ0) is 13.4. The zero-order valence-corrected chi connectivity index (χ0v) is 8.48. The monoisotopic (exact) mass is 264 g/mol.